The first kappa shape index (κ1) is 16.8. The van der Waals surface area contributed by atoms with Gasteiger partial charge in [-0.05, 0) is 41.9 Å². The molecule has 1 amide bonds. The second-order valence-corrected chi connectivity index (χ2v) is 5.61. The number of nitrogens with two attached hydrogens (primary N) is 1. The monoisotopic (exact) mass is 306 g/mol. The van der Waals surface area contributed by atoms with Crippen molar-refractivity contribution >= 4 is 23.4 Å². The highest BCUT2D eigenvalue weighted by atomic mass is 32.2. The van der Waals surface area contributed by atoms with Gasteiger partial charge in [-0.25, -0.2) is 0 Å². The lowest BCUT2D eigenvalue weighted by Gasteiger charge is -2.17. The van der Waals surface area contributed by atoms with Gasteiger partial charge in [-0.3, -0.25) is 4.79 Å². The van der Waals surface area contributed by atoms with Crippen LogP contribution in [-0.2, 0) is 4.79 Å². The minimum atomic E-state index is -4.32. The highest BCUT2D eigenvalue weighted by Gasteiger charge is 2.29. The Morgan fingerprint density at radius 1 is 1.35 bits per heavy atom. The molecular weight excluding hydrogens is 289 g/mol. The molecule has 7 heteroatoms. The Balaban J connectivity index is 2.64. The summed E-state index contributed by atoms with van der Waals surface area (Å²) >= 11 is -0.194. The third kappa shape index (κ3) is 5.42. The predicted molar refractivity (Wildman–Crippen MR) is 74.4 cm³/mol. The topological polar surface area (TPSA) is 55.1 Å². The quantitative estimate of drug-likeness (QED) is 0.817. The summed E-state index contributed by atoms with van der Waals surface area (Å²) in [6.45, 7) is 3.80. The van der Waals surface area contributed by atoms with Crippen molar-refractivity contribution in [3.63, 3.8) is 0 Å². The molecule has 0 aliphatic carbocycles. The highest BCUT2D eigenvalue weighted by Crippen LogP contribution is 2.37. The summed E-state index contributed by atoms with van der Waals surface area (Å²) in [5.74, 6) is -0.300. The summed E-state index contributed by atoms with van der Waals surface area (Å²) in [7, 11) is 0. The van der Waals surface area contributed by atoms with E-state index in [0.29, 0.717) is 5.69 Å². The smallest absolute Gasteiger partial charge is 0.325 e. The largest absolute Gasteiger partial charge is 0.446 e. The first-order valence-electron chi connectivity index (χ1n) is 6.15. The Bertz CT molecular complexity index is 448. The molecule has 3 nitrogen and oxygen atoms in total. The maximum atomic E-state index is 12.2. The van der Waals surface area contributed by atoms with Gasteiger partial charge >= 0.3 is 5.51 Å². The van der Waals surface area contributed by atoms with Gasteiger partial charge in [-0.1, -0.05) is 20.3 Å². The van der Waals surface area contributed by atoms with E-state index in [4.69, 9.17) is 5.73 Å². The SMILES string of the molecule is CCC(C)[C@H](N)C(=O)Nc1ccc(SC(F)(F)F)cc1. The molecule has 1 aromatic rings. The highest BCUT2D eigenvalue weighted by molar-refractivity contribution is 8.00. The lowest BCUT2D eigenvalue weighted by molar-refractivity contribution is -0.118. The molecule has 112 valence electrons. The number of amides is 1. The zero-order chi connectivity index (χ0) is 15.3. The number of thioether (sulfide) groups is 1. The molecule has 0 heterocycles. The van der Waals surface area contributed by atoms with Crippen molar-refractivity contribution in [3.05, 3.63) is 24.3 Å². The number of nitrogens with one attached hydrogen (secondary N) is 1. The van der Waals surface area contributed by atoms with Crippen molar-refractivity contribution in [1.29, 1.82) is 0 Å². The standard InChI is InChI=1S/C13H17F3N2OS/c1-3-8(2)11(17)12(19)18-9-4-6-10(7-5-9)20-13(14,15)16/h4-8,11H,3,17H2,1-2H3,(H,18,19)/t8?,11-/m0/s1. The molecule has 1 rings (SSSR count). The molecule has 0 saturated carbocycles. The molecule has 1 aromatic carbocycles. The Labute approximate surface area is 120 Å². The van der Waals surface area contributed by atoms with Gasteiger partial charge in [-0.2, -0.15) is 13.2 Å². The summed E-state index contributed by atoms with van der Waals surface area (Å²) in [6, 6.07) is 4.83. The van der Waals surface area contributed by atoms with Crippen LogP contribution in [0.15, 0.2) is 29.2 Å². The molecule has 1 unspecified atom stereocenters. The first-order valence-corrected chi connectivity index (χ1v) is 6.97. The molecule has 0 radical (unpaired) electrons. The van der Waals surface area contributed by atoms with Crippen LogP contribution in [0.25, 0.3) is 0 Å². The van der Waals surface area contributed by atoms with E-state index in [1.165, 1.54) is 24.3 Å². The average molecular weight is 306 g/mol. The Hall–Kier alpha value is -1.21. The molecule has 0 saturated heterocycles. The second kappa shape index (κ2) is 6.99. The third-order valence-corrected chi connectivity index (χ3v) is 3.65. The van der Waals surface area contributed by atoms with Crippen LogP contribution in [0.5, 0.6) is 0 Å². The fourth-order valence-electron chi connectivity index (χ4n) is 1.48. The van der Waals surface area contributed by atoms with Crippen molar-refractivity contribution < 1.29 is 18.0 Å². The van der Waals surface area contributed by atoms with Gasteiger partial charge < -0.3 is 11.1 Å². The zero-order valence-electron chi connectivity index (χ0n) is 11.2. The van der Waals surface area contributed by atoms with Crippen LogP contribution in [0.3, 0.4) is 0 Å². The van der Waals surface area contributed by atoms with Crippen LogP contribution in [0.4, 0.5) is 18.9 Å². The maximum Gasteiger partial charge on any atom is 0.446 e. The van der Waals surface area contributed by atoms with E-state index in [9.17, 15) is 18.0 Å². The van der Waals surface area contributed by atoms with Gasteiger partial charge in [0.25, 0.3) is 0 Å². The second-order valence-electron chi connectivity index (χ2n) is 4.47. The molecular formula is C13H17F3N2OS. The molecule has 20 heavy (non-hydrogen) atoms. The maximum absolute atomic E-state index is 12.2. The summed E-state index contributed by atoms with van der Waals surface area (Å²) in [5.41, 5.74) is 1.88. The van der Waals surface area contributed by atoms with Gasteiger partial charge in [-0.15, -0.1) is 0 Å². The van der Waals surface area contributed by atoms with E-state index in [-0.39, 0.29) is 28.5 Å². The van der Waals surface area contributed by atoms with Crippen LogP contribution < -0.4 is 11.1 Å². The minimum Gasteiger partial charge on any atom is -0.325 e. The minimum absolute atomic E-state index is 0.0371. The molecule has 2 atom stereocenters. The Kier molecular flexibility index (Phi) is 5.88. The number of carbonyl (C=O) groups is 1. The fraction of sp³-hybridized carbons (Fsp3) is 0.462. The number of rotatable bonds is 5. The van der Waals surface area contributed by atoms with E-state index in [1.807, 2.05) is 13.8 Å². The van der Waals surface area contributed by atoms with E-state index in [1.54, 1.807) is 0 Å². The van der Waals surface area contributed by atoms with E-state index in [2.05, 4.69) is 5.32 Å². The van der Waals surface area contributed by atoms with Crippen LogP contribution in [0.1, 0.15) is 20.3 Å². The van der Waals surface area contributed by atoms with Crippen molar-refractivity contribution in [1.82, 2.24) is 0 Å². The predicted octanol–water partition coefficient (Wildman–Crippen LogP) is 3.61. The summed E-state index contributed by atoms with van der Waals surface area (Å²) in [6.07, 6.45) is 0.774. The number of hydrogen-bond donors (Lipinski definition) is 2. The summed E-state index contributed by atoms with van der Waals surface area (Å²) in [4.78, 5) is 11.9. The molecule has 0 aliphatic rings. The van der Waals surface area contributed by atoms with Crippen LogP contribution in [-0.4, -0.2) is 17.5 Å². The number of hydrogen-bond acceptors (Lipinski definition) is 3. The number of anilines is 1. The van der Waals surface area contributed by atoms with Gasteiger partial charge in [0.1, 0.15) is 0 Å². The van der Waals surface area contributed by atoms with Crippen LogP contribution in [0, 0.1) is 5.92 Å². The zero-order valence-corrected chi connectivity index (χ0v) is 12.0. The first-order chi connectivity index (χ1) is 9.23. The normalized spacial score (nSPS) is 14.7. The molecule has 0 spiro atoms. The van der Waals surface area contributed by atoms with Crippen LogP contribution in [0.2, 0.25) is 0 Å². The average Bonchev–Trinajstić information content (AvgIpc) is 2.37. The van der Waals surface area contributed by atoms with Crippen LogP contribution >= 0.6 is 11.8 Å². The molecule has 0 aromatic heterocycles. The molecule has 0 bridgehead atoms. The van der Waals surface area contributed by atoms with E-state index < -0.39 is 11.6 Å². The molecule has 0 aliphatic heterocycles. The number of benzene rings is 1. The number of halogens is 3. The summed E-state index contributed by atoms with van der Waals surface area (Å²) < 4.78 is 36.5. The molecule has 3 N–H and O–H groups in total. The third-order valence-electron chi connectivity index (χ3n) is 2.92. The van der Waals surface area contributed by atoms with Gasteiger partial charge in [0.2, 0.25) is 5.91 Å². The van der Waals surface area contributed by atoms with Gasteiger partial charge in [0, 0.05) is 10.6 Å². The van der Waals surface area contributed by atoms with Gasteiger partial charge in [0.15, 0.2) is 0 Å². The number of carbonyl (C=O) groups excluding carboxylic acids is 1. The van der Waals surface area contributed by atoms with Gasteiger partial charge in [0.05, 0.1) is 6.04 Å². The summed E-state index contributed by atoms with van der Waals surface area (Å²) in [5, 5.41) is 2.59. The fourth-order valence-corrected chi connectivity index (χ4v) is 2.02. The van der Waals surface area contributed by atoms with E-state index >= 15 is 0 Å². The van der Waals surface area contributed by atoms with E-state index in [0.717, 1.165) is 6.42 Å². The van der Waals surface area contributed by atoms with Crippen molar-refractivity contribution in [3.8, 4) is 0 Å². The van der Waals surface area contributed by atoms with Crippen molar-refractivity contribution in [2.75, 3.05) is 5.32 Å². The molecule has 0 fully saturated rings. The number of alkyl halides is 3. The Morgan fingerprint density at radius 3 is 2.35 bits per heavy atom. The lowest BCUT2D eigenvalue weighted by Crippen LogP contribution is -2.40. The lowest BCUT2D eigenvalue weighted by atomic mass is 9.99. The van der Waals surface area contributed by atoms with Crippen molar-refractivity contribution in [2.45, 2.75) is 36.7 Å². The Morgan fingerprint density at radius 2 is 1.90 bits per heavy atom. The van der Waals surface area contributed by atoms with Crippen molar-refractivity contribution in [2.24, 2.45) is 11.7 Å².